The molecule has 1 atom stereocenters. The second kappa shape index (κ2) is 11.1. The number of ether oxygens (including phenoxy) is 2. The fourth-order valence-corrected chi connectivity index (χ4v) is 3.93. The summed E-state index contributed by atoms with van der Waals surface area (Å²) in [6.45, 7) is 6.80. The van der Waals surface area contributed by atoms with Gasteiger partial charge in [0.05, 0.1) is 19.8 Å². The summed E-state index contributed by atoms with van der Waals surface area (Å²) in [7, 11) is 2.61. The van der Waals surface area contributed by atoms with Crippen molar-refractivity contribution >= 4 is 45.6 Å². The Morgan fingerprint density at radius 1 is 1.19 bits per heavy atom. The van der Waals surface area contributed by atoms with Gasteiger partial charge in [0.15, 0.2) is 5.11 Å². The van der Waals surface area contributed by atoms with E-state index in [2.05, 4.69) is 24.5 Å². The summed E-state index contributed by atoms with van der Waals surface area (Å²) >= 11 is 6.49. The minimum absolute atomic E-state index is 0.306. The molecule has 0 aliphatic carbocycles. The van der Waals surface area contributed by atoms with Crippen LogP contribution >= 0.6 is 23.6 Å². The Morgan fingerprint density at radius 3 is 2.38 bits per heavy atom. The SMILES string of the molecule is CCCCC(CC)CNC(=S)Nc1sc(C(=O)OC)c(C)c1C(=O)OC. The van der Waals surface area contributed by atoms with Gasteiger partial charge < -0.3 is 20.1 Å². The number of hydrogen-bond donors (Lipinski definition) is 2. The van der Waals surface area contributed by atoms with Gasteiger partial charge in [-0.25, -0.2) is 9.59 Å². The molecule has 1 rings (SSSR count). The third kappa shape index (κ3) is 5.95. The van der Waals surface area contributed by atoms with Gasteiger partial charge in [-0.2, -0.15) is 0 Å². The maximum atomic E-state index is 12.1. The van der Waals surface area contributed by atoms with Crippen LogP contribution in [0.4, 0.5) is 5.00 Å². The van der Waals surface area contributed by atoms with Crippen LogP contribution in [-0.4, -0.2) is 37.8 Å². The molecule has 1 aromatic rings. The van der Waals surface area contributed by atoms with Gasteiger partial charge in [-0.15, -0.1) is 11.3 Å². The molecule has 1 unspecified atom stereocenters. The Morgan fingerprint density at radius 2 is 1.85 bits per heavy atom. The molecule has 0 spiro atoms. The summed E-state index contributed by atoms with van der Waals surface area (Å²) in [5.74, 6) is -0.464. The minimum atomic E-state index is -0.520. The number of unbranched alkanes of at least 4 members (excludes halogenated alkanes) is 1. The largest absolute Gasteiger partial charge is 0.465 e. The van der Waals surface area contributed by atoms with Crippen molar-refractivity contribution in [2.75, 3.05) is 26.1 Å². The minimum Gasteiger partial charge on any atom is -0.465 e. The van der Waals surface area contributed by atoms with Crippen LogP contribution in [0.25, 0.3) is 0 Å². The number of carbonyl (C=O) groups excluding carboxylic acids is 2. The van der Waals surface area contributed by atoms with Crippen LogP contribution in [0.2, 0.25) is 0 Å². The lowest BCUT2D eigenvalue weighted by atomic mass is 9.99. The number of carbonyl (C=O) groups is 2. The van der Waals surface area contributed by atoms with Crippen molar-refractivity contribution in [3.8, 4) is 0 Å². The number of anilines is 1. The lowest BCUT2D eigenvalue weighted by Crippen LogP contribution is -2.33. The van der Waals surface area contributed by atoms with Crippen molar-refractivity contribution in [1.29, 1.82) is 0 Å². The Labute approximate surface area is 164 Å². The summed E-state index contributed by atoms with van der Waals surface area (Å²) in [6.07, 6.45) is 4.60. The molecule has 146 valence electrons. The zero-order valence-corrected chi connectivity index (χ0v) is 17.7. The van der Waals surface area contributed by atoms with E-state index in [0.717, 1.165) is 30.7 Å². The fourth-order valence-electron chi connectivity index (χ4n) is 2.56. The van der Waals surface area contributed by atoms with Crippen molar-refractivity contribution < 1.29 is 19.1 Å². The number of nitrogens with one attached hydrogen (secondary N) is 2. The number of thiophene rings is 1. The van der Waals surface area contributed by atoms with Crippen LogP contribution in [-0.2, 0) is 9.47 Å². The molecule has 0 aromatic carbocycles. The Hall–Kier alpha value is -1.67. The lowest BCUT2D eigenvalue weighted by molar-refractivity contribution is 0.0601. The predicted octanol–water partition coefficient (Wildman–Crippen LogP) is 4.13. The number of rotatable bonds is 9. The summed E-state index contributed by atoms with van der Waals surface area (Å²) in [5, 5.41) is 7.14. The van der Waals surface area contributed by atoms with Gasteiger partial charge >= 0.3 is 11.9 Å². The first-order valence-corrected chi connectivity index (χ1v) is 9.96. The van der Waals surface area contributed by atoms with E-state index >= 15 is 0 Å². The molecular weight excluding hydrogens is 372 g/mol. The van der Waals surface area contributed by atoms with E-state index in [1.54, 1.807) is 6.92 Å². The van der Waals surface area contributed by atoms with Gasteiger partial charge in [0.1, 0.15) is 9.88 Å². The van der Waals surface area contributed by atoms with Crippen LogP contribution in [0.1, 0.15) is 65.1 Å². The quantitative estimate of drug-likeness (QED) is 0.477. The predicted molar refractivity (Wildman–Crippen MR) is 109 cm³/mol. The molecule has 0 bridgehead atoms. The molecule has 8 heteroatoms. The molecule has 0 saturated heterocycles. The van der Waals surface area contributed by atoms with Gasteiger partial charge in [0, 0.05) is 6.54 Å². The van der Waals surface area contributed by atoms with Gasteiger partial charge in [-0.1, -0.05) is 33.1 Å². The highest BCUT2D eigenvalue weighted by Gasteiger charge is 2.26. The highest BCUT2D eigenvalue weighted by Crippen LogP contribution is 2.34. The van der Waals surface area contributed by atoms with Crippen LogP contribution in [0, 0.1) is 12.8 Å². The van der Waals surface area contributed by atoms with Crippen LogP contribution in [0.3, 0.4) is 0 Å². The first-order chi connectivity index (χ1) is 12.4. The van der Waals surface area contributed by atoms with Gasteiger partial charge in [-0.05, 0) is 37.0 Å². The summed E-state index contributed by atoms with van der Waals surface area (Å²) < 4.78 is 9.62. The maximum absolute atomic E-state index is 12.1. The van der Waals surface area contributed by atoms with E-state index in [1.165, 1.54) is 27.1 Å². The molecular formula is C18H28N2O4S2. The fraction of sp³-hybridized carbons (Fsp3) is 0.611. The van der Waals surface area contributed by atoms with E-state index in [9.17, 15) is 9.59 Å². The molecule has 0 fully saturated rings. The molecule has 1 aromatic heterocycles. The monoisotopic (exact) mass is 400 g/mol. The number of methoxy groups -OCH3 is 2. The van der Waals surface area contributed by atoms with E-state index in [4.69, 9.17) is 21.7 Å². The average molecular weight is 401 g/mol. The number of thiocarbonyl (C=S) groups is 1. The van der Waals surface area contributed by atoms with Crippen LogP contribution in [0.15, 0.2) is 0 Å². The van der Waals surface area contributed by atoms with Gasteiger partial charge in [0.25, 0.3) is 0 Å². The highest BCUT2D eigenvalue weighted by molar-refractivity contribution is 7.80. The van der Waals surface area contributed by atoms with Crippen LogP contribution in [0.5, 0.6) is 0 Å². The van der Waals surface area contributed by atoms with Crippen LogP contribution < -0.4 is 10.6 Å². The third-order valence-electron chi connectivity index (χ3n) is 4.23. The molecule has 0 radical (unpaired) electrons. The van der Waals surface area contributed by atoms with Crippen molar-refractivity contribution in [3.63, 3.8) is 0 Å². The molecule has 2 N–H and O–H groups in total. The Bertz CT molecular complexity index is 643. The van der Waals surface area contributed by atoms with E-state index in [1.807, 2.05) is 0 Å². The zero-order valence-electron chi connectivity index (χ0n) is 16.1. The molecule has 0 aliphatic heterocycles. The standard InChI is InChI=1S/C18H28N2O4S2/c1-6-8-9-12(7-2)10-19-18(25)20-15-13(16(21)23-4)11(3)14(26-15)17(22)24-5/h12H,6-10H2,1-5H3,(H2,19,20,25). The van der Waals surface area contributed by atoms with E-state index < -0.39 is 11.9 Å². The topological polar surface area (TPSA) is 76.7 Å². The van der Waals surface area contributed by atoms with E-state index in [-0.39, 0.29) is 0 Å². The third-order valence-corrected chi connectivity index (χ3v) is 5.66. The van der Waals surface area contributed by atoms with Crippen molar-refractivity contribution in [2.24, 2.45) is 5.92 Å². The van der Waals surface area contributed by atoms with Crippen molar-refractivity contribution in [3.05, 3.63) is 16.0 Å². The molecule has 0 aliphatic rings. The molecule has 0 saturated carbocycles. The number of esters is 2. The molecule has 26 heavy (non-hydrogen) atoms. The summed E-state index contributed by atoms with van der Waals surface area (Å²) in [4.78, 5) is 24.4. The molecule has 1 heterocycles. The second-order valence-electron chi connectivity index (χ2n) is 6.00. The van der Waals surface area contributed by atoms with Gasteiger partial charge in [0.2, 0.25) is 0 Å². The van der Waals surface area contributed by atoms with Gasteiger partial charge in [-0.3, -0.25) is 0 Å². The first kappa shape index (κ1) is 22.4. The summed E-state index contributed by atoms with van der Waals surface area (Å²) in [6, 6.07) is 0. The maximum Gasteiger partial charge on any atom is 0.348 e. The van der Waals surface area contributed by atoms with Crippen molar-refractivity contribution in [1.82, 2.24) is 5.32 Å². The summed E-state index contributed by atoms with van der Waals surface area (Å²) in [5.41, 5.74) is 0.827. The molecule has 0 amide bonds. The number of hydrogen-bond acceptors (Lipinski definition) is 6. The smallest absolute Gasteiger partial charge is 0.348 e. The lowest BCUT2D eigenvalue weighted by Gasteiger charge is -2.17. The second-order valence-corrected chi connectivity index (χ2v) is 7.42. The van der Waals surface area contributed by atoms with E-state index in [0.29, 0.717) is 32.0 Å². The first-order valence-electron chi connectivity index (χ1n) is 8.74. The zero-order chi connectivity index (χ0) is 19.7. The van der Waals surface area contributed by atoms with Crippen molar-refractivity contribution in [2.45, 2.75) is 46.5 Å². The Balaban J connectivity index is 2.88. The molecule has 6 nitrogen and oxygen atoms in total. The highest BCUT2D eigenvalue weighted by atomic mass is 32.1. The normalized spacial score (nSPS) is 11.6. The average Bonchev–Trinajstić information content (AvgIpc) is 2.96. The Kier molecular flexibility index (Phi) is 9.58.